The average Bonchev–Trinajstić information content (AvgIpc) is 3.95. The summed E-state index contributed by atoms with van der Waals surface area (Å²) >= 11 is 5.10. The monoisotopic (exact) mass is 842 g/mol. The van der Waals surface area contributed by atoms with E-state index < -0.39 is 0 Å². The van der Waals surface area contributed by atoms with Crippen LogP contribution < -0.4 is 22.3 Å². The third kappa shape index (κ3) is 9.69. The molecule has 4 aromatic carbocycles. The molecular weight excluding hydrogens is 793 g/mol. The summed E-state index contributed by atoms with van der Waals surface area (Å²) in [6.07, 6.45) is 7.97. The molecule has 0 unspecified atom stereocenters. The fraction of sp³-hybridized carbons (Fsp3) is 0.204. The van der Waals surface area contributed by atoms with E-state index in [4.69, 9.17) is 33.3 Å². The van der Waals surface area contributed by atoms with Gasteiger partial charge in [-0.25, -0.2) is 15.8 Å². The van der Waals surface area contributed by atoms with Crippen LogP contribution in [0, 0.1) is 0 Å². The number of nitrogens with two attached hydrogens (primary N) is 2. The number of hydrogen-bond donors (Lipinski definition) is 4. The molecule has 0 bridgehead atoms. The summed E-state index contributed by atoms with van der Waals surface area (Å²) in [6, 6.07) is 42.0. The van der Waals surface area contributed by atoms with E-state index in [9.17, 15) is 0 Å². The minimum atomic E-state index is 0.366. The molecule has 4 aromatic heterocycles. The Hall–Kier alpha value is -6.45. The van der Waals surface area contributed by atoms with Crippen molar-refractivity contribution in [3.8, 4) is 44.8 Å². The van der Waals surface area contributed by atoms with E-state index in [0.29, 0.717) is 5.11 Å². The van der Waals surface area contributed by atoms with Crippen LogP contribution in [0.1, 0.15) is 11.1 Å². The van der Waals surface area contributed by atoms with Crippen molar-refractivity contribution >= 4 is 40.0 Å². The number of rotatable bonds is 9. The average molecular weight is 843 g/mol. The van der Waals surface area contributed by atoms with Crippen molar-refractivity contribution in [2.45, 2.75) is 13.1 Å². The lowest BCUT2D eigenvalue weighted by Gasteiger charge is -2.26. The highest BCUT2D eigenvalue weighted by Crippen LogP contribution is 2.29. The SMILES string of the molecule is NNC(=S)Nc1cccc(-c2cnc3cc(-c4cccc(CN5CCOCC5)c4)ccn23)c1.Nc1cccc(-c2cnc3cc(-c4cccc(CN5CCOCC5)c4)ccn23)c1. The lowest BCUT2D eigenvalue weighted by atomic mass is 10.0. The van der Waals surface area contributed by atoms with Crippen molar-refractivity contribution in [2.24, 2.45) is 5.84 Å². The van der Waals surface area contributed by atoms with Gasteiger partial charge >= 0.3 is 0 Å². The van der Waals surface area contributed by atoms with Crippen LogP contribution in [0.4, 0.5) is 11.4 Å². The smallest absolute Gasteiger partial charge is 0.185 e. The summed E-state index contributed by atoms with van der Waals surface area (Å²) < 4.78 is 15.1. The largest absolute Gasteiger partial charge is 0.399 e. The van der Waals surface area contributed by atoms with Gasteiger partial charge in [0.2, 0.25) is 0 Å². The molecule has 2 aliphatic rings. The molecule has 0 radical (unpaired) electrons. The molecule has 6 heterocycles. The number of anilines is 2. The first-order valence-corrected chi connectivity index (χ1v) is 21.3. The molecule has 12 nitrogen and oxygen atoms in total. The first kappa shape index (κ1) is 40.9. The predicted molar refractivity (Wildman–Crippen MR) is 252 cm³/mol. The van der Waals surface area contributed by atoms with Crippen molar-refractivity contribution in [3.05, 3.63) is 157 Å². The quantitative estimate of drug-likeness (QED) is 0.0492. The van der Waals surface area contributed by atoms with Gasteiger partial charge in [0.05, 0.1) is 50.2 Å². The van der Waals surface area contributed by atoms with Gasteiger partial charge < -0.3 is 25.9 Å². The van der Waals surface area contributed by atoms with Gasteiger partial charge in [-0.1, -0.05) is 60.7 Å². The number of aromatic nitrogens is 4. The zero-order chi connectivity index (χ0) is 42.3. The van der Waals surface area contributed by atoms with Gasteiger partial charge in [0.15, 0.2) is 5.11 Å². The number of nitrogen functional groups attached to an aromatic ring is 1. The number of nitrogens with one attached hydrogen (secondary N) is 2. The maximum atomic E-state index is 5.95. The zero-order valence-corrected chi connectivity index (χ0v) is 35.3. The van der Waals surface area contributed by atoms with Crippen molar-refractivity contribution < 1.29 is 9.47 Å². The number of hydrazine groups is 1. The Labute approximate surface area is 366 Å². The molecule has 0 spiro atoms. The molecule has 2 aliphatic heterocycles. The summed E-state index contributed by atoms with van der Waals surface area (Å²) in [7, 11) is 0. The van der Waals surface area contributed by atoms with E-state index in [-0.39, 0.29) is 0 Å². The Morgan fingerprint density at radius 2 is 1.03 bits per heavy atom. The van der Waals surface area contributed by atoms with E-state index in [1.54, 1.807) is 0 Å². The van der Waals surface area contributed by atoms with Crippen molar-refractivity contribution in [1.29, 1.82) is 0 Å². The molecule has 0 aliphatic carbocycles. The van der Waals surface area contributed by atoms with E-state index in [0.717, 1.165) is 116 Å². The van der Waals surface area contributed by atoms with Gasteiger partial charge in [-0.3, -0.25) is 18.6 Å². The topological polar surface area (TPSA) is 136 Å². The van der Waals surface area contributed by atoms with E-state index in [1.807, 2.05) is 48.8 Å². The first-order valence-electron chi connectivity index (χ1n) is 20.9. The van der Waals surface area contributed by atoms with Crippen LogP contribution in [-0.2, 0) is 22.6 Å². The second-order valence-electron chi connectivity index (χ2n) is 15.6. The van der Waals surface area contributed by atoms with Gasteiger partial charge in [0, 0.05) is 74.2 Å². The standard InChI is InChI=1S/C25H26N6OS.C24H24N4O/c26-29-25(33)28-22-6-2-5-21(14-22)23-16-27-24-15-20(7-8-31(23)24)19-4-1-3-18(13-19)17-30-9-11-32-12-10-30;25-22-6-2-5-21(14-22)23-16-26-24-15-20(7-8-28(23)24)19-4-1-3-18(13-19)17-27-9-11-29-12-10-27/h1-8,13-16H,9-12,17,26H2,(H2,28,29,33);1-8,13-16H,9-12,17,25H2. The molecule has 13 heteroatoms. The Morgan fingerprint density at radius 1 is 0.565 bits per heavy atom. The Morgan fingerprint density at radius 3 is 1.55 bits per heavy atom. The number of ether oxygens (including phenoxy) is 2. The molecular formula is C49H50N10O2S. The molecule has 62 heavy (non-hydrogen) atoms. The van der Waals surface area contributed by atoms with Gasteiger partial charge in [0.1, 0.15) is 11.3 Å². The van der Waals surface area contributed by atoms with E-state index in [2.05, 4.69) is 137 Å². The maximum Gasteiger partial charge on any atom is 0.185 e. The van der Waals surface area contributed by atoms with Gasteiger partial charge in [-0.15, -0.1) is 0 Å². The minimum absolute atomic E-state index is 0.366. The predicted octanol–water partition coefficient (Wildman–Crippen LogP) is 7.74. The third-order valence-corrected chi connectivity index (χ3v) is 11.5. The summed E-state index contributed by atoms with van der Waals surface area (Å²) in [5.41, 5.74) is 23.4. The molecule has 314 valence electrons. The number of fused-ring (bicyclic) bond motifs is 2. The second kappa shape index (κ2) is 19.1. The molecule has 0 atom stereocenters. The number of benzene rings is 4. The zero-order valence-electron chi connectivity index (χ0n) is 34.5. The number of morpholine rings is 2. The molecule has 0 saturated carbocycles. The second-order valence-corrected chi connectivity index (χ2v) is 16.0. The maximum absolute atomic E-state index is 5.95. The van der Waals surface area contributed by atoms with Crippen LogP contribution in [-0.4, -0.2) is 86.3 Å². The number of imidazole rings is 2. The normalized spacial score (nSPS) is 14.7. The number of nitrogens with zero attached hydrogens (tertiary/aromatic N) is 6. The van der Waals surface area contributed by atoms with Crippen LogP contribution in [0.5, 0.6) is 0 Å². The van der Waals surface area contributed by atoms with Crippen LogP contribution in [0.25, 0.3) is 56.1 Å². The molecule has 8 aromatic rings. The molecule has 10 rings (SSSR count). The van der Waals surface area contributed by atoms with Crippen LogP contribution in [0.3, 0.4) is 0 Å². The lowest BCUT2D eigenvalue weighted by Crippen LogP contribution is -2.35. The highest BCUT2D eigenvalue weighted by atomic mass is 32.1. The van der Waals surface area contributed by atoms with Crippen molar-refractivity contribution in [2.75, 3.05) is 63.7 Å². The molecule has 2 saturated heterocycles. The third-order valence-electron chi connectivity index (χ3n) is 11.3. The van der Waals surface area contributed by atoms with Crippen LogP contribution in [0.15, 0.2) is 146 Å². The van der Waals surface area contributed by atoms with Crippen molar-refractivity contribution in [3.63, 3.8) is 0 Å². The minimum Gasteiger partial charge on any atom is -0.399 e. The van der Waals surface area contributed by atoms with Crippen LogP contribution in [0.2, 0.25) is 0 Å². The molecule has 0 amide bonds. The van der Waals surface area contributed by atoms with E-state index >= 15 is 0 Å². The van der Waals surface area contributed by atoms with E-state index in [1.165, 1.54) is 27.8 Å². The van der Waals surface area contributed by atoms with Crippen LogP contribution >= 0.6 is 12.2 Å². The Balaban J connectivity index is 0.000000159. The first-order chi connectivity index (χ1) is 30.5. The summed E-state index contributed by atoms with van der Waals surface area (Å²) in [5.74, 6) is 5.37. The lowest BCUT2D eigenvalue weighted by molar-refractivity contribution is 0.0341. The van der Waals surface area contributed by atoms with Crippen molar-refractivity contribution in [1.82, 2.24) is 34.0 Å². The molecule has 6 N–H and O–H groups in total. The highest BCUT2D eigenvalue weighted by Gasteiger charge is 2.14. The summed E-state index contributed by atoms with van der Waals surface area (Å²) in [4.78, 5) is 14.2. The Bertz CT molecular complexity index is 2810. The number of hydrogen-bond acceptors (Lipinski definition) is 9. The highest BCUT2D eigenvalue weighted by molar-refractivity contribution is 7.80. The number of thiocarbonyl (C=S) groups is 1. The number of pyridine rings is 2. The fourth-order valence-corrected chi connectivity index (χ4v) is 8.22. The van der Waals surface area contributed by atoms with Gasteiger partial charge in [-0.05, 0) is 106 Å². The fourth-order valence-electron chi connectivity index (χ4n) is 8.10. The summed E-state index contributed by atoms with van der Waals surface area (Å²) in [5, 5.41) is 3.43. The Kier molecular flexibility index (Phi) is 12.6. The van der Waals surface area contributed by atoms with Gasteiger partial charge in [-0.2, -0.15) is 0 Å². The summed E-state index contributed by atoms with van der Waals surface area (Å²) in [6.45, 7) is 9.15. The molecule has 2 fully saturated rings. The van der Waals surface area contributed by atoms with Gasteiger partial charge in [0.25, 0.3) is 0 Å².